The summed E-state index contributed by atoms with van der Waals surface area (Å²) in [5, 5.41) is 11.9. The third-order valence-corrected chi connectivity index (χ3v) is 5.47. The number of aromatic nitrogens is 4. The molecular weight excluding hydrogens is 359 g/mol. The zero-order valence-corrected chi connectivity index (χ0v) is 13.9. The predicted molar refractivity (Wildman–Crippen MR) is 86.5 cm³/mol. The fraction of sp³-hybridized carbons (Fsp3) is 0.0714. The molecule has 23 heavy (non-hydrogen) atoms. The molecule has 0 aliphatic rings. The fourth-order valence-electron chi connectivity index (χ4n) is 1.99. The molecule has 0 fully saturated rings. The average molecular weight is 369 g/mol. The van der Waals surface area contributed by atoms with Crippen LogP contribution in [-0.4, -0.2) is 28.6 Å². The fourth-order valence-corrected chi connectivity index (χ4v) is 3.54. The van der Waals surface area contributed by atoms with Crippen LogP contribution in [0.25, 0.3) is 5.69 Å². The van der Waals surface area contributed by atoms with E-state index in [-0.39, 0.29) is 16.5 Å². The molecule has 9 heteroatoms. The second kappa shape index (κ2) is 6.27. The van der Waals surface area contributed by atoms with E-state index >= 15 is 0 Å². The van der Waals surface area contributed by atoms with Crippen molar-refractivity contribution in [2.45, 2.75) is 10.6 Å². The third-order valence-electron chi connectivity index (χ3n) is 3.10. The summed E-state index contributed by atoms with van der Waals surface area (Å²) in [4.78, 5) is 0.212. The van der Waals surface area contributed by atoms with Crippen LogP contribution in [0, 0.1) is 0 Å². The molecule has 0 radical (unpaired) electrons. The number of hydrogen-bond donors (Lipinski definition) is 0. The van der Waals surface area contributed by atoms with Crippen LogP contribution in [0.5, 0.6) is 0 Å². The second-order valence-corrected chi connectivity index (χ2v) is 7.48. The van der Waals surface area contributed by atoms with Crippen molar-refractivity contribution in [1.29, 1.82) is 0 Å². The van der Waals surface area contributed by atoms with Crippen molar-refractivity contribution in [1.82, 2.24) is 20.2 Å². The Balaban J connectivity index is 1.97. The van der Waals surface area contributed by atoms with E-state index in [0.29, 0.717) is 15.7 Å². The lowest BCUT2D eigenvalue weighted by molar-refractivity contribution is 0.592. The van der Waals surface area contributed by atoms with Gasteiger partial charge in [-0.2, -0.15) is 4.68 Å². The largest absolute Gasteiger partial charge is 0.223 e. The van der Waals surface area contributed by atoms with Gasteiger partial charge in [0.2, 0.25) is 0 Å². The highest BCUT2D eigenvalue weighted by Gasteiger charge is 2.20. The summed E-state index contributed by atoms with van der Waals surface area (Å²) in [5.74, 6) is -0.142. The van der Waals surface area contributed by atoms with Gasteiger partial charge in [0.15, 0.2) is 15.7 Å². The molecule has 0 aliphatic heterocycles. The highest BCUT2D eigenvalue weighted by molar-refractivity contribution is 7.90. The maximum atomic E-state index is 12.4. The van der Waals surface area contributed by atoms with E-state index in [4.69, 9.17) is 23.2 Å². The van der Waals surface area contributed by atoms with Crippen molar-refractivity contribution in [3.05, 3.63) is 64.4 Å². The Morgan fingerprint density at radius 1 is 1.00 bits per heavy atom. The molecule has 1 heterocycles. The second-order valence-electron chi connectivity index (χ2n) is 4.68. The molecule has 0 bridgehead atoms. The van der Waals surface area contributed by atoms with Gasteiger partial charge in [-0.05, 0) is 40.8 Å². The van der Waals surface area contributed by atoms with Crippen LogP contribution in [0.2, 0.25) is 10.0 Å². The average Bonchev–Trinajstić information content (AvgIpc) is 2.98. The Kier molecular flexibility index (Phi) is 4.34. The minimum atomic E-state index is -3.55. The van der Waals surface area contributed by atoms with Gasteiger partial charge < -0.3 is 0 Å². The molecule has 0 amide bonds. The molecule has 0 aliphatic carbocycles. The number of benzene rings is 2. The first-order chi connectivity index (χ1) is 11.0. The number of sulfone groups is 1. The number of halogens is 2. The Morgan fingerprint density at radius 2 is 1.74 bits per heavy atom. The van der Waals surface area contributed by atoms with Crippen LogP contribution in [0.4, 0.5) is 0 Å². The molecule has 1 aromatic heterocycles. The van der Waals surface area contributed by atoms with Crippen LogP contribution in [-0.2, 0) is 15.6 Å². The number of rotatable bonds is 4. The first-order valence-electron chi connectivity index (χ1n) is 6.48. The normalized spacial score (nSPS) is 11.6. The summed E-state index contributed by atoms with van der Waals surface area (Å²) in [6.07, 6.45) is 0. The Hall–Kier alpha value is -1.96. The van der Waals surface area contributed by atoms with Crippen molar-refractivity contribution in [3.63, 3.8) is 0 Å². The minimum Gasteiger partial charge on any atom is -0.223 e. The maximum Gasteiger partial charge on any atom is 0.185 e. The molecule has 0 atom stereocenters. The van der Waals surface area contributed by atoms with Crippen molar-refractivity contribution in [2.75, 3.05) is 0 Å². The van der Waals surface area contributed by atoms with Gasteiger partial charge in [0.1, 0.15) is 5.75 Å². The van der Waals surface area contributed by atoms with Crippen molar-refractivity contribution >= 4 is 33.0 Å². The summed E-state index contributed by atoms with van der Waals surface area (Å²) in [5.41, 5.74) is 0.530. The first kappa shape index (κ1) is 15.9. The van der Waals surface area contributed by atoms with Gasteiger partial charge >= 0.3 is 0 Å². The molecule has 0 N–H and O–H groups in total. The molecule has 2 aromatic carbocycles. The number of nitrogens with zero attached hydrogens (tertiary/aromatic N) is 4. The Labute approximate surface area is 142 Å². The van der Waals surface area contributed by atoms with Gasteiger partial charge in [-0.1, -0.05) is 41.4 Å². The smallest absolute Gasteiger partial charge is 0.185 e. The Bertz CT molecular complexity index is 942. The lowest BCUT2D eigenvalue weighted by Gasteiger charge is -2.07. The quantitative estimate of drug-likeness (QED) is 0.707. The highest BCUT2D eigenvalue weighted by Crippen LogP contribution is 2.25. The monoisotopic (exact) mass is 368 g/mol. The molecule has 0 saturated carbocycles. The first-order valence-corrected chi connectivity index (χ1v) is 8.89. The van der Waals surface area contributed by atoms with Crippen molar-refractivity contribution in [3.8, 4) is 5.69 Å². The minimum absolute atomic E-state index is 0.187. The third kappa shape index (κ3) is 3.36. The van der Waals surface area contributed by atoms with Crippen LogP contribution in [0.15, 0.2) is 53.4 Å². The zero-order valence-electron chi connectivity index (χ0n) is 11.6. The van der Waals surface area contributed by atoms with E-state index in [0.717, 1.165) is 0 Å². The molecule has 0 unspecified atom stereocenters. The summed E-state index contributed by atoms with van der Waals surface area (Å²) in [7, 11) is -3.55. The van der Waals surface area contributed by atoms with E-state index in [1.54, 1.807) is 36.4 Å². The zero-order chi connectivity index (χ0) is 16.4. The Morgan fingerprint density at radius 3 is 2.43 bits per heavy atom. The van der Waals surface area contributed by atoms with Gasteiger partial charge in [-0.15, -0.1) is 5.10 Å². The van der Waals surface area contributed by atoms with E-state index in [9.17, 15) is 8.42 Å². The summed E-state index contributed by atoms with van der Waals surface area (Å²) < 4.78 is 26.2. The van der Waals surface area contributed by atoms with E-state index in [2.05, 4.69) is 15.5 Å². The van der Waals surface area contributed by atoms with Crippen LogP contribution >= 0.6 is 23.2 Å². The van der Waals surface area contributed by atoms with Gasteiger partial charge in [0.25, 0.3) is 0 Å². The molecule has 3 rings (SSSR count). The lowest BCUT2D eigenvalue weighted by Crippen LogP contribution is -2.11. The lowest BCUT2D eigenvalue weighted by atomic mass is 10.3. The van der Waals surface area contributed by atoms with Crippen LogP contribution in [0.1, 0.15) is 5.82 Å². The molecule has 3 aromatic rings. The van der Waals surface area contributed by atoms with Gasteiger partial charge in [-0.25, -0.2) is 8.42 Å². The van der Waals surface area contributed by atoms with Crippen LogP contribution < -0.4 is 0 Å². The molecule has 6 nitrogen and oxygen atoms in total. The molecular formula is C14H10Cl2N4O2S. The summed E-state index contributed by atoms with van der Waals surface area (Å²) in [6, 6.07) is 13.0. The molecule has 0 saturated heterocycles. The number of hydrogen-bond acceptors (Lipinski definition) is 5. The van der Waals surface area contributed by atoms with Crippen molar-refractivity contribution in [2.24, 2.45) is 0 Å². The van der Waals surface area contributed by atoms with Crippen molar-refractivity contribution < 1.29 is 8.42 Å². The van der Waals surface area contributed by atoms with Crippen LogP contribution in [0.3, 0.4) is 0 Å². The van der Waals surface area contributed by atoms with Gasteiger partial charge in [0.05, 0.1) is 20.6 Å². The summed E-state index contributed by atoms with van der Waals surface area (Å²) >= 11 is 11.9. The van der Waals surface area contributed by atoms with E-state index in [1.165, 1.54) is 16.8 Å². The molecule has 118 valence electrons. The SMILES string of the molecule is O=S(=O)(Cc1nnnn1-c1ccc(Cl)c(Cl)c1)c1ccccc1. The standard InChI is InChI=1S/C14H10Cl2N4O2S/c15-12-7-6-10(8-13(12)16)20-14(17-18-19-20)9-23(21,22)11-4-2-1-3-5-11/h1-8H,9H2. The highest BCUT2D eigenvalue weighted by atomic mass is 35.5. The molecule has 0 spiro atoms. The predicted octanol–water partition coefficient (Wildman–Crippen LogP) is 2.94. The van der Waals surface area contributed by atoms with Gasteiger partial charge in [0, 0.05) is 0 Å². The maximum absolute atomic E-state index is 12.4. The van der Waals surface area contributed by atoms with Gasteiger partial charge in [-0.3, -0.25) is 0 Å². The van der Waals surface area contributed by atoms with E-state index < -0.39 is 9.84 Å². The topological polar surface area (TPSA) is 77.7 Å². The van der Waals surface area contributed by atoms with E-state index in [1.807, 2.05) is 0 Å². The number of tetrazole rings is 1. The summed E-state index contributed by atoms with van der Waals surface area (Å²) in [6.45, 7) is 0.